The third kappa shape index (κ3) is 3.86. The molecule has 0 unspecified atom stereocenters. The Bertz CT molecular complexity index is 701. The topological polar surface area (TPSA) is 62.3 Å². The molecule has 3 amide bonds. The molecule has 2 aliphatic heterocycles. The number of imide groups is 1. The molecule has 2 saturated heterocycles. The van der Waals surface area contributed by atoms with E-state index in [0.717, 1.165) is 37.4 Å². The van der Waals surface area contributed by atoms with E-state index in [2.05, 4.69) is 11.8 Å². The van der Waals surface area contributed by atoms with Crippen LogP contribution in [0.2, 0.25) is 0 Å². The molecule has 0 N–H and O–H groups in total. The average Bonchev–Trinajstić information content (AvgIpc) is 2.90. The van der Waals surface area contributed by atoms with Gasteiger partial charge in [0.25, 0.3) is 5.91 Å². The lowest BCUT2D eigenvalue weighted by Gasteiger charge is -2.42. The highest BCUT2D eigenvalue weighted by Crippen LogP contribution is 2.38. The molecule has 0 radical (unpaired) electrons. The zero-order valence-corrected chi connectivity index (χ0v) is 17.1. The Morgan fingerprint density at radius 3 is 2.50 bits per heavy atom. The summed E-state index contributed by atoms with van der Waals surface area (Å²) in [7, 11) is 3.23. The van der Waals surface area contributed by atoms with Gasteiger partial charge < -0.3 is 19.3 Å². The molecule has 7 nitrogen and oxygen atoms in total. The number of benzene rings is 1. The number of rotatable bonds is 8. The quantitative estimate of drug-likeness (QED) is 0.639. The van der Waals surface area contributed by atoms with Crippen LogP contribution in [0.5, 0.6) is 5.75 Å². The number of hydrogen-bond donors (Lipinski definition) is 0. The summed E-state index contributed by atoms with van der Waals surface area (Å²) in [5.74, 6) is 0.642. The molecule has 2 fully saturated rings. The van der Waals surface area contributed by atoms with Gasteiger partial charge in [-0.2, -0.15) is 0 Å². The number of nitrogens with zero attached hydrogens (tertiary/aromatic N) is 3. The lowest BCUT2D eigenvalue weighted by Crippen LogP contribution is -2.57. The van der Waals surface area contributed by atoms with E-state index in [0.29, 0.717) is 26.0 Å². The molecule has 2 heterocycles. The van der Waals surface area contributed by atoms with E-state index in [1.54, 1.807) is 19.1 Å². The number of likely N-dealkylation sites (tertiary alicyclic amines) is 1. The first kappa shape index (κ1) is 20.6. The first-order chi connectivity index (χ1) is 13.6. The molecule has 2 aliphatic rings. The summed E-state index contributed by atoms with van der Waals surface area (Å²) in [5, 5.41) is 0. The van der Waals surface area contributed by atoms with Crippen molar-refractivity contribution in [1.29, 1.82) is 0 Å². The van der Waals surface area contributed by atoms with Crippen molar-refractivity contribution in [2.75, 3.05) is 47.0 Å². The molecule has 3 rings (SSSR count). The smallest absolute Gasteiger partial charge is 0.328 e. The monoisotopic (exact) mass is 389 g/mol. The van der Waals surface area contributed by atoms with Crippen LogP contribution in [0.1, 0.15) is 31.7 Å². The second-order valence-corrected chi connectivity index (χ2v) is 7.54. The summed E-state index contributed by atoms with van der Waals surface area (Å²) >= 11 is 0. The largest absolute Gasteiger partial charge is 0.497 e. The molecule has 1 aromatic rings. The second kappa shape index (κ2) is 8.92. The van der Waals surface area contributed by atoms with Gasteiger partial charge in [0.15, 0.2) is 0 Å². The minimum atomic E-state index is -0.737. The van der Waals surface area contributed by atoms with E-state index in [1.807, 2.05) is 24.3 Å². The Labute approximate surface area is 167 Å². The molecule has 0 bridgehead atoms. The van der Waals surface area contributed by atoms with E-state index >= 15 is 0 Å². The van der Waals surface area contributed by atoms with Gasteiger partial charge in [0.1, 0.15) is 11.3 Å². The number of hydrogen-bond acceptors (Lipinski definition) is 5. The van der Waals surface area contributed by atoms with Crippen LogP contribution in [-0.2, 0) is 16.1 Å². The van der Waals surface area contributed by atoms with Crippen molar-refractivity contribution in [2.24, 2.45) is 0 Å². The summed E-state index contributed by atoms with van der Waals surface area (Å²) in [5.41, 5.74) is 0.145. The summed E-state index contributed by atoms with van der Waals surface area (Å²) in [6.07, 6.45) is 2.45. The predicted octanol–water partition coefficient (Wildman–Crippen LogP) is 2.35. The molecule has 1 aromatic carbocycles. The van der Waals surface area contributed by atoms with Crippen LogP contribution in [0.3, 0.4) is 0 Å². The maximum atomic E-state index is 13.5. The second-order valence-electron chi connectivity index (χ2n) is 7.54. The Kier molecular flexibility index (Phi) is 6.57. The fraction of sp³-hybridized carbons (Fsp3) is 0.619. The van der Waals surface area contributed by atoms with Crippen LogP contribution in [-0.4, -0.2) is 79.2 Å². The normalized spacial score (nSPS) is 19.7. The van der Waals surface area contributed by atoms with Crippen molar-refractivity contribution < 1.29 is 19.1 Å². The van der Waals surface area contributed by atoms with Crippen molar-refractivity contribution in [3.63, 3.8) is 0 Å². The molecule has 0 aliphatic carbocycles. The van der Waals surface area contributed by atoms with Crippen molar-refractivity contribution >= 4 is 11.9 Å². The van der Waals surface area contributed by atoms with Crippen molar-refractivity contribution in [3.8, 4) is 5.75 Å². The number of ether oxygens (including phenoxy) is 2. The molecule has 0 aromatic heterocycles. The Morgan fingerprint density at radius 2 is 1.86 bits per heavy atom. The Morgan fingerprint density at radius 1 is 1.11 bits per heavy atom. The highest BCUT2D eigenvalue weighted by Gasteiger charge is 2.57. The molecule has 0 saturated carbocycles. The zero-order chi connectivity index (χ0) is 20.1. The highest BCUT2D eigenvalue weighted by molar-refractivity contribution is 6.07. The van der Waals surface area contributed by atoms with Gasteiger partial charge in [-0.05, 0) is 43.5 Å². The van der Waals surface area contributed by atoms with Crippen molar-refractivity contribution in [2.45, 2.75) is 38.3 Å². The van der Waals surface area contributed by atoms with E-state index in [4.69, 9.17) is 9.47 Å². The lowest BCUT2D eigenvalue weighted by molar-refractivity contribution is -0.136. The standard InChI is InChI=1S/C21H31N3O4/c1-4-10-22-11-8-21(9-12-22)19(25)23(20(26)24(21)13-14-27-2)16-17-6-5-7-18(15-17)28-3/h5-7,15H,4,8-14,16H2,1-3H3. The van der Waals surface area contributed by atoms with Gasteiger partial charge in [0, 0.05) is 26.7 Å². The fourth-order valence-corrected chi connectivity index (χ4v) is 4.31. The van der Waals surface area contributed by atoms with E-state index in [-0.39, 0.29) is 18.5 Å². The summed E-state index contributed by atoms with van der Waals surface area (Å²) in [6.45, 7) is 5.99. The molecule has 1 spiro atoms. The Balaban J connectivity index is 1.82. The van der Waals surface area contributed by atoms with Gasteiger partial charge in [0.2, 0.25) is 0 Å². The van der Waals surface area contributed by atoms with Gasteiger partial charge in [-0.15, -0.1) is 0 Å². The van der Waals surface area contributed by atoms with Crippen LogP contribution < -0.4 is 4.74 Å². The zero-order valence-electron chi connectivity index (χ0n) is 17.1. The molecule has 154 valence electrons. The number of methoxy groups -OCH3 is 2. The minimum Gasteiger partial charge on any atom is -0.497 e. The molecular formula is C21H31N3O4. The van der Waals surface area contributed by atoms with Crippen molar-refractivity contribution in [3.05, 3.63) is 29.8 Å². The number of carbonyl (C=O) groups excluding carboxylic acids is 2. The number of amides is 3. The van der Waals surface area contributed by atoms with Crippen LogP contribution in [0.25, 0.3) is 0 Å². The van der Waals surface area contributed by atoms with Crippen LogP contribution in [0.15, 0.2) is 24.3 Å². The number of urea groups is 1. The number of piperidine rings is 1. The van der Waals surface area contributed by atoms with Gasteiger partial charge in [0.05, 0.1) is 20.3 Å². The molecule has 0 atom stereocenters. The number of carbonyl (C=O) groups is 2. The SMILES string of the molecule is CCCN1CCC2(CC1)C(=O)N(Cc1cccc(OC)c1)C(=O)N2CCOC. The first-order valence-corrected chi connectivity index (χ1v) is 10.0. The third-order valence-electron chi connectivity index (χ3n) is 5.84. The van der Waals surface area contributed by atoms with E-state index < -0.39 is 5.54 Å². The van der Waals surface area contributed by atoms with Gasteiger partial charge >= 0.3 is 6.03 Å². The maximum absolute atomic E-state index is 13.5. The third-order valence-corrected chi connectivity index (χ3v) is 5.84. The highest BCUT2D eigenvalue weighted by atomic mass is 16.5. The van der Waals surface area contributed by atoms with Crippen LogP contribution in [0.4, 0.5) is 4.79 Å². The minimum absolute atomic E-state index is 0.0763. The summed E-state index contributed by atoms with van der Waals surface area (Å²) in [6, 6.07) is 7.30. The lowest BCUT2D eigenvalue weighted by atomic mass is 9.85. The molecular weight excluding hydrogens is 358 g/mol. The first-order valence-electron chi connectivity index (χ1n) is 10.0. The Hall–Kier alpha value is -2.12. The fourth-order valence-electron chi connectivity index (χ4n) is 4.31. The summed E-state index contributed by atoms with van der Waals surface area (Å²) in [4.78, 5) is 32.2. The molecule has 7 heteroatoms. The van der Waals surface area contributed by atoms with Crippen LogP contribution in [0, 0.1) is 0 Å². The average molecular weight is 389 g/mol. The van der Waals surface area contributed by atoms with E-state index in [1.165, 1.54) is 4.90 Å². The van der Waals surface area contributed by atoms with Gasteiger partial charge in [-0.3, -0.25) is 9.69 Å². The van der Waals surface area contributed by atoms with Crippen molar-refractivity contribution in [1.82, 2.24) is 14.7 Å². The van der Waals surface area contributed by atoms with Gasteiger partial charge in [-0.1, -0.05) is 19.1 Å². The molecule has 28 heavy (non-hydrogen) atoms. The van der Waals surface area contributed by atoms with Gasteiger partial charge in [-0.25, -0.2) is 4.79 Å². The predicted molar refractivity (Wildman–Crippen MR) is 106 cm³/mol. The van der Waals surface area contributed by atoms with Crippen LogP contribution >= 0.6 is 0 Å². The summed E-state index contributed by atoms with van der Waals surface area (Å²) < 4.78 is 10.5. The maximum Gasteiger partial charge on any atom is 0.328 e. The van der Waals surface area contributed by atoms with E-state index in [9.17, 15) is 9.59 Å².